The minimum atomic E-state index is -1.08. The Kier molecular flexibility index (Phi) is 59.9. The van der Waals surface area contributed by atoms with E-state index >= 15 is 0 Å². The third-order valence-electron chi connectivity index (χ3n) is 8.57. The number of aliphatic carboxylic acids is 3. The second kappa shape index (κ2) is 56.2. The van der Waals surface area contributed by atoms with E-state index in [1.807, 2.05) is 68.5 Å². The van der Waals surface area contributed by atoms with Gasteiger partial charge >= 0.3 is 19.5 Å². The van der Waals surface area contributed by atoms with Crippen molar-refractivity contribution in [2.24, 2.45) is 5.92 Å². The molecule has 0 unspecified atom stereocenters. The Labute approximate surface area is 426 Å². The van der Waals surface area contributed by atoms with Gasteiger partial charge in [-0.3, -0.25) is 9.59 Å². The summed E-state index contributed by atoms with van der Waals surface area (Å²) in [4.78, 5) is 30.0. The van der Waals surface area contributed by atoms with Gasteiger partial charge in [0, 0.05) is 5.97 Å². The van der Waals surface area contributed by atoms with Crippen molar-refractivity contribution >= 4 is 17.9 Å². The largest absolute Gasteiger partial charge is 2.00 e. The van der Waals surface area contributed by atoms with Crippen LogP contribution in [0.2, 0.25) is 0 Å². The molecule has 0 saturated heterocycles. The summed E-state index contributed by atoms with van der Waals surface area (Å²) >= 11 is 0. The average molecular weight is 1020 g/mol. The summed E-state index contributed by atoms with van der Waals surface area (Å²) in [6.07, 6.45) is 47.3. The van der Waals surface area contributed by atoms with Gasteiger partial charge in [-0.2, -0.15) is 0 Å². The number of carboxylic acids is 3. The van der Waals surface area contributed by atoms with Gasteiger partial charge in [-0.25, -0.2) is 0 Å². The molecule has 0 aliphatic carbocycles. The summed E-state index contributed by atoms with van der Waals surface area (Å²) in [5.74, 6) is -3.39. The van der Waals surface area contributed by atoms with Gasteiger partial charge in [-0.1, -0.05) is 192 Å². The summed E-state index contributed by atoms with van der Waals surface area (Å²) in [6, 6.07) is -0.981. The molecule has 0 fully saturated rings. The maximum Gasteiger partial charge on any atom is 2.00 e. The van der Waals surface area contributed by atoms with Crippen LogP contribution >= 0.6 is 0 Å². The monoisotopic (exact) mass is 1020 g/mol. The van der Waals surface area contributed by atoms with Crippen LogP contribution in [0.4, 0.5) is 0 Å². The molecule has 15 heteroatoms. The van der Waals surface area contributed by atoms with E-state index in [4.69, 9.17) is 15.9 Å². The molecule has 0 heterocycles. The Balaban J connectivity index is -0.000000298. The molecule has 0 aliphatic rings. The van der Waals surface area contributed by atoms with Crippen LogP contribution < -0.4 is 10.8 Å². The molecule has 0 aromatic heterocycles. The van der Waals surface area contributed by atoms with Crippen molar-refractivity contribution in [3.8, 4) is 0 Å². The molecule has 0 aliphatic heterocycles. The topological polar surface area (TPSA) is 288 Å². The predicted molar refractivity (Wildman–Crippen MR) is 273 cm³/mol. The maximum absolute atomic E-state index is 10.2. The summed E-state index contributed by atoms with van der Waals surface area (Å²) < 4.78 is 0. The first-order valence-electron chi connectivity index (χ1n) is 23.4. The fourth-order valence-corrected chi connectivity index (χ4v) is 4.52. The number of quaternary nitrogens is 1. The molecule has 8 atom stereocenters. The molecule has 0 saturated carbocycles. The molecular weight excluding hydrogens is 934 g/mol. The second-order valence-electron chi connectivity index (χ2n) is 15.1. The van der Waals surface area contributed by atoms with Crippen molar-refractivity contribution in [3.63, 3.8) is 0 Å². The zero-order chi connectivity index (χ0) is 52.2. The number of hydrogen-bond acceptors (Lipinski definition) is 10. The first-order chi connectivity index (χ1) is 32.4. The molecule has 0 aromatic rings. The van der Waals surface area contributed by atoms with E-state index in [1.165, 1.54) is 13.0 Å². The van der Waals surface area contributed by atoms with Crippen LogP contribution in [0.3, 0.4) is 0 Å². The number of aliphatic hydroxyl groups excluding tert-OH is 6. The van der Waals surface area contributed by atoms with Crippen LogP contribution in [-0.4, -0.2) is 108 Å². The van der Waals surface area contributed by atoms with Crippen molar-refractivity contribution in [3.05, 3.63) is 158 Å². The number of carbonyl (C=O) groups is 3. The predicted octanol–water partition coefficient (Wildman–Crippen LogP) is 6.97. The van der Waals surface area contributed by atoms with Gasteiger partial charge in [0.2, 0.25) is 0 Å². The normalized spacial score (nSPS) is 15.8. The van der Waals surface area contributed by atoms with Gasteiger partial charge in [-0.05, 0) is 76.7 Å². The van der Waals surface area contributed by atoms with E-state index in [9.17, 15) is 50.1 Å². The summed E-state index contributed by atoms with van der Waals surface area (Å²) in [5.41, 5.74) is 10.1. The Morgan fingerprint density at radius 1 is 0.565 bits per heavy atom. The summed E-state index contributed by atoms with van der Waals surface area (Å²) in [5, 5.41) is 84.8. The molecule has 12 N–H and O–H groups in total. The van der Waals surface area contributed by atoms with Gasteiger partial charge in [0.05, 0.1) is 43.2 Å². The quantitative estimate of drug-likeness (QED) is 0.0106. The van der Waals surface area contributed by atoms with Crippen LogP contribution in [0.25, 0.3) is 5.73 Å². The van der Waals surface area contributed by atoms with Gasteiger partial charge < -0.3 is 69.1 Å². The number of hydrogen-bond donors (Lipinski definition) is 9. The Morgan fingerprint density at radius 2 is 0.928 bits per heavy atom. The molecule has 69 heavy (non-hydrogen) atoms. The standard InChI is InChI=1S/C22H32O5.C22H34O3.C7H14NO2.C3H6NO2.Zn/c1-2-3-9-16-20(24)21(25)17-12-7-5-4-6-10-14-19(23)15-11-8-13-18-22(26)27;1-3-5-7-13-16-20(23)17-14-10-8-9-11-15-19-22(25)21(24)18-12-6-4-2;1-6(7(9)10)4-2-3-5-8;1-2(4)3(5)6;/h3-12,14,17,19-21,23-25H,2,13,15-16,18H2,1H3,(H,26,27);6-15,17,19-25H,3-5,16,18H2,1-2H3;6H,1-5,8H2,(H,9,10);2,4H,1H3,(H,5,6);/q;;2*-1;+2/b6-4-,7-5+,9-3-,11-8-,14-10+,17-12+;10-8-,11-9+,12-6-,13-7-,17-14+,19-15+;;;/t19-,20+,21-;20-,21-,22+;6-;2-;/m1000./s1. The first-order valence-corrected chi connectivity index (χ1v) is 23.4. The van der Waals surface area contributed by atoms with Crippen LogP contribution in [0.1, 0.15) is 111 Å². The molecule has 0 rings (SSSR count). The summed E-state index contributed by atoms with van der Waals surface area (Å²) in [7, 11) is 0. The molecule has 14 nitrogen and oxygen atoms in total. The van der Waals surface area contributed by atoms with Crippen LogP contribution in [0.5, 0.6) is 0 Å². The van der Waals surface area contributed by atoms with E-state index in [2.05, 4.69) is 25.7 Å². The van der Waals surface area contributed by atoms with Crippen LogP contribution in [0, 0.1) is 12.8 Å². The van der Waals surface area contributed by atoms with Crippen LogP contribution in [0.15, 0.2) is 146 Å². The minimum absolute atomic E-state index is 0. The van der Waals surface area contributed by atoms with E-state index < -0.39 is 66.5 Å². The van der Waals surface area contributed by atoms with E-state index in [0.717, 1.165) is 45.1 Å². The van der Waals surface area contributed by atoms with Crippen molar-refractivity contribution in [2.45, 2.75) is 154 Å². The fraction of sp³-hybridized carbons (Fsp3) is 0.481. The van der Waals surface area contributed by atoms with E-state index in [1.54, 1.807) is 79.0 Å². The molecule has 0 amide bonds. The van der Waals surface area contributed by atoms with Crippen molar-refractivity contribution in [1.82, 2.24) is 0 Å². The van der Waals surface area contributed by atoms with Crippen molar-refractivity contribution in [2.75, 3.05) is 6.54 Å². The van der Waals surface area contributed by atoms with E-state index in [-0.39, 0.29) is 25.9 Å². The SMILES string of the molecule is CC/C=C\C[C@H](O)[C@H](O)/C=C/C=C/C=C\C=C\[C@@H](O)C/C=C\CCC.CC/C=C\C[C@H](O)[C@H](O)/C=C/C=C/C=C\C=C\[C@@H](O)C/C=C\CCC(=O)[O-].C[C@H]([NH-])C(=O)O.[CH2-][C@@H](CCCC[NH3+])C(=O)O.[Zn+2]. The fourth-order valence-electron chi connectivity index (χ4n) is 4.52. The minimum Gasteiger partial charge on any atom is -0.666 e. The third-order valence-corrected chi connectivity index (χ3v) is 8.57. The molecule has 0 aromatic carbocycles. The number of rotatable bonds is 33. The van der Waals surface area contributed by atoms with Gasteiger partial charge in [0.25, 0.3) is 11.9 Å². The molecule has 0 spiro atoms. The zero-order valence-electron chi connectivity index (χ0n) is 41.7. The van der Waals surface area contributed by atoms with Gasteiger partial charge in [-0.15, -0.1) is 0 Å². The first kappa shape index (κ1) is 73.6. The zero-order valence-corrected chi connectivity index (χ0v) is 44.7. The number of nitrogens with one attached hydrogen (secondary N) is 1. The Hall–Kier alpha value is -4.41. The maximum atomic E-state index is 10.2. The molecule has 0 bridgehead atoms. The van der Waals surface area contributed by atoms with Crippen molar-refractivity contribution < 1.29 is 85.6 Å². The van der Waals surface area contributed by atoms with Gasteiger partial charge in [0.1, 0.15) is 0 Å². The third kappa shape index (κ3) is 61.6. The molecular formula is C54H86N2O12Zn. The number of carboxylic acid groups (broad SMARTS) is 3. The number of aliphatic hydroxyl groups is 6. The molecule has 386 valence electrons. The smallest absolute Gasteiger partial charge is 0.666 e. The Morgan fingerprint density at radius 3 is 1.26 bits per heavy atom. The number of unbranched alkanes of at least 4 members (excludes halogenated alkanes) is 2. The second-order valence-corrected chi connectivity index (χ2v) is 15.1. The Bertz CT molecular complexity index is 1590. The molecule has 0 radical (unpaired) electrons. The number of carbonyl (C=O) groups excluding carboxylic acids is 1. The summed E-state index contributed by atoms with van der Waals surface area (Å²) in [6.45, 7) is 11.8. The number of allylic oxidation sites excluding steroid dienone is 16. The van der Waals surface area contributed by atoms with E-state index in [0.29, 0.717) is 38.5 Å². The van der Waals surface area contributed by atoms with Crippen molar-refractivity contribution in [1.29, 1.82) is 0 Å². The average Bonchev–Trinajstić information content (AvgIpc) is 3.29. The van der Waals surface area contributed by atoms with Gasteiger partial charge in [0.15, 0.2) is 0 Å². The van der Waals surface area contributed by atoms with Crippen LogP contribution in [-0.2, 0) is 33.9 Å².